The summed E-state index contributed by atoms with van der Waals surface area (Å²) in [5.41, 5.74) is 7.32. The zero-order valence-electron chi connectivity index (χ0n) is 19.7. The maximum absolute atomic E-state index is 13.0. The summed E-state index contributed by atoms with van der Waals surface area (Å²) in [6, 6.07) is 10.5. The van der Waals surface area contributed by atoms with Gasteiger partial charge in [-0.25, -0.2) is 0 Å². The van der Waals surface area contributed by atoms with E-state index in [-0.39, 0.29) is 5.91 Å². The molecule has 1 fully saturated rings. The summed E-state index contributed by atoms with van der Waals surface area (Å²) in [5, 5.41) is 1.03. The molecule has 4 nitrogen and oxygen atoms in total. The highest BCUT2D eigenvalue weighted by molar-refractivity contribution is 6.00. The molecule has 0 saturated carbocycles. The van der Waals surface area contributed by atoms with Crippen LogP contribution in [0.3, 0.4) is 0 Å². The van der Waals surface area contributed by atoms with Crippen molar-refractivity contribution in [2.75, 3.05) is 19.7 Å². The van der Waals surface area contributed by atoms with Crippen molar-refractivity contribution in [3.8, 4) is 16.9 Å². The SMILES string of the molecule is CCOc1cc2occ(-c3ccc(C)cc3C)c2cc1/C(C)=C/C(=O)N1CCCCCC1. The normalized spacial score (nSPS) is 15.1. The number of likely N-dealkylation sites (tertiary alicyclic amines) is 1. The average molecular weight is 432 g/mol. The van der Waals surface area contributed by atoms with Crippen LogP contribution in [0.15, 0.2) is 47.1 Å². The van der Waals surface area contributed by atoms with Crippen LogP contribution in [0.5, 0.6) is 5.75 Å². The molecule has 0 bridgehead atoms. The summed E-state index contributed by atoms with van der Waals surface area (Å²) in [6.45, 7) is 10.4. The fourth-order valence-corrected chi connectivity index (χ4v) is 4.61. The first-order chi connectivity index (χ1) is 15.5. The van der Waals surface area contributed by atoms with Crippen LogP contribution in [-0.4, -0.2) is 30.5 Å². The molecule has 168 valence electrons. The van der Waals surface area contributed by atoms with E-state index in [9.17, 15) is 4.79 Å². The van der Waals surface area contributed by atoms with Crippen molar-refractivity contribution in [2.24, 2.45) is 0 Å². The van der Waals surface area contributed by atoms with E-state index in [0.717, 1.165) is 64.9 Å². The van der Waals surface area contributed by atoms with Gasteiger partial charge in [0.2, 0.25) is 5.91 Å². The van der Waals surface area contributed by atoms with Gasteiger partial charge in [0.15, 0.2) is 0 Å². The Morgan fingerprint density at radius 1 is 1.06 bits per heavy atom. The van der Waals surface area contributed by atoms with Crippen LogP contribution in [0.2, 0.25) is 0 Å². The van der Waals surface area contributed by atoms with Crippen molar-refractivity contribution in [1.29, 1.82) is 0 Å². The minimum atomic E-state index is 0.0914. The Labute approximate surface area is 190 Å². The van der Waals surface area contributed by atoms with Crippen molar-refractivity contribution >= 4 is 22.4 Å². The van der Waals surface area contributed by atoms with E-state index >= 15 is 0 Å². The Morgan fingerprint density at radius 3 is 2.50 bits per heavy atom. The Kier molecular flexibility index (Phi) is 6.69. The van der Waals surface area contributed by atoms with E-state index in [1.807, 2.05) is 31.1 Å². The molecule has 1 amide bonds. The molecule has 2 heterocycles. The van der Waals surface area contributed by atoms with E-state index in [0.29, 0.717) is 6.61 Å². The molecule has 32 heavy (non-hydrogen) atoms. The van der Waals surface area contributed by atoms with Crippen LogP contribution in [0.1, 0.15) is 56.2 Å². The Hall–Kier alpha value is -3.01. The number of hydrogen-bond donors (Lipinski definition) is 0. The lowest BCUT2D eigenvalue weighted by atomic mass is 9.96. The standard InChI is InChI=1S/C28H33NO3/c1-5-31-26-17-27-24(25(18-32-27)22-11-10-19(2)14-20(22)3)16-23(26)21(4)15-28(30)29-12-8-6-7-9-13-29/h10-11,14-18H,5-9,12-13H2,1-4H3/b21-15+. The first-order valence-corrected chi connectivity index (χ1v) is 11.7. The number of benzene rings is 2. The maximum Gasteiger partial charge on any atom is 0.246 e. The zero-order chi connectivity index (χ0) is 22.7. The number of rotatable bonds is 5. The topological polar surface area (TPSA) is 42.7 Å². The van der Waals surface area contributed by atoms with Gasteiger partial charge in [0, 0.05) is 41.7 Å². The molecule has 0 N–H and O–H groups in total. The zero-order valence-corrected chi connectivity index (χ0v) is 19.7. The fourth-order valence-electron chi connectivity index (χ4n) is 4.61. The monoisotopic (exact) mass is 431 g/mol. The number of carbonyl (C=O) groups excluding carboxylic acids is 1. The summed E-state index contributed by atoms with van der Waals surface area (Å²) in [4.78, 5) is 15.0. The highest BCUT2D eigenvalue weighted by Gasteiger charge is 2.18. The third kappa shape index (κ3) is 4.59. The van der Waals surface area contributed by atoms with Gasteiger partial charge in [-0.1, -0.05) is 36.6 Å². The Bertz CT molecular complexity index is 1150. The molecule has 0 unspecified atom stereocenters. The van der Waals surface area contributed by atoms with Gasteiger partial charge in [0.05, 0.1) is 12.9 Å². The van der Waals surface area contributed by atoms with Gasteiger partial charge in [-0.2, -0.15) is 0 Å². The molecule has 1 aliphatic rings. The van der Waals surface area contributed by atoms with Crippen LogP contribution in [-0.2, 0) is 4.79 Å². The van der Waals surface area contributed by atoms with Crippen molar-refractivity contribution < 1.29 is 13.9 Å². The van der Waals surface area contributed by atoms with Crippen LogP contribution in [0.4, 0.5) is 0 Å². The molecule has 0 atom stereocenters. The quantitative estimate of drug-likeness (QED) is 0.412. The summed E-state index contributed by atoms with van der Waals surface area (Å²) in [5.74, 6) is 0.840. The smallest absolute Gasteiger partial charge is 0.246 e. The molecule has 1 aliphatic heterocycles. The highest BCUT2D eigenvalue weighted by atomic mass is 16.5. The van der Waals surface area contributed by atoms with Crippen molar-refractivity contribution in [1.82, 2.24) is 4.90 Å². The van der Waals surface area contributed by atoms with Gasteiger partial charge in [-0.15, -0.1) is 0 Å². The number of ether oxygens (including phenoxy) is 1. The Balaban J connectivity index is 1.76. The lowest BCUT2D eigenvalue weighted by Gasteiger charge is -2.19. The Morgan fingerprint density at radius 2 is 1.81 bits per heavy atom. The molecule has 4 rings (SSSR count). The molecule has 4 heteroatoms. The first-order valence-electron chi connectivity index (χ1n) is 11.7. The third-order valence-electron chi connectivity index (χ3n) is 6.33. The second-order valence-electron chi connectivity index (χ2n) is 8.81. The predicted molar refractivity (Wildman–Crippen MR) is 131 cm³/mol. The lowest BCUT2D eigenvalue weighted by Crippen LogP contribution is -2.30. The lowest BCUT2D eigenvalue weighted by molar-refractivity contribution is -0.125. The molecule has 2 aromatic carbocycles. The van der Waals surface area contributed by atoms with Crippen molar-refractivity contribution in [2.45, 2.75) is 53.4 Å². The molecule has 3 aromatic rings. The minimum Gasteiger partial charge on any atom is -0.493 e. The minimum absolute atomic E-state index is 0.0914. The van der Waals surface area contributed by atoms with Crippen molar-refractivity contribution in [3.05, 3.63) is 59.4 Å². The average Bonchev–Trinajstić information content (AvgIpc) is 2.97. The van der Waals surface area contributed by atoms with Gasteiger partial charge < -0.3 is 14.1 Å². The second-order valence-corrected chi connectivity index (χ2v) is 8.81. The van der Waals surface area contributed by atoms with Crippen LogP contribution >= 0.6 is 0 Å². The summed E-state index contributed by atoms with van der Waals surface area (Å²) < 4.78 is 11.9. The number of allylic oxidation sites excluding steroid dienone is 1. The largest absolute Gasteiger partial charge is 0.493 e. The number of hydrogen-bond acceptors (Lipinski definition) is 3. The molecular weight excluding hydrogens is 398 g/mol. The number of nitrogens with zero attached hydrogens (tertiary/aromatic N) is 1. The number of amides is 1. The van der Waals surface area contributed by atoms with E-state index in [4.69, 9.17) is 9.15 Å². The van der Waals surface area contributed by atoms with Crippen LogP contribution in [0.25, 0.3) is 27.7 Å². The predicted octanol–water partition coefficient (Wildman–Crippen LogP) is 6.92. The number of carbonyl (C=O) groups is 1. The summed E-state index contributed by atoms with van der Waals surface area (Å²) in [6.07, 6.45) is 8.18. The van der Waals surface area contributed by atoms with E-state index < -0.39 is 0 Å². The molecule has 1 saturated heterocycles. The van der Waals surface area contributed by atoms with Crippen LogP contribution in [0, 0.1) is 13.8 Å². The molecule has 0 radical (unpaired) electrons. The number of furan rings is 1. The van der Waals surface area contributed by atoms with Crippen molar-refractivity contribution in [3.63, 3.8) is 0 Å². The molecule has 0 aliphatic carbocycles. The number of aryl methyl sites for hydroxylation is 2. The second kappa shape index (κ2) is 9.64. The van der Waals surface area contributed by atoms with Gasteiger partial charge in [-0.05, 0) is 63.3 Å². The highest BCUT2D eigenvalue weighted by Crippen LogP contribution is 2.38. The molecule has 0 spiro atoms. The van der Waals surface area contributed by atoms with Gasteiger partial charge >= 0.3 is 0 Å². The molecular formula is C28H33NO3. The number of fused-ring (bicyclic) bond motifs is 1. The summed E-state index contributed by atoms with van der Waals surface area (Å²) >= 11 is 0. The van der Waals surface area contributed by atoms with Gasteiger partial charge in [-0.3, -0.25) is 4.79 Å². The van der Waals surface area contributed by atoms with E-state index in [1.165, 1.54) is 24.0 Å². The van der Waals surface area contributed by atoms with Gasteiger partial charge in [0.1, 0.15) is 11.3 Å². The summed E-state index contributed by atoms with van der Waals surface area (Å²) in [7, 11) is 0. The fraction of sp³-hybridized carbons (Fsp3) is 0.393. The van der Waals surface area contributed by atoms with E-state index in [1.54, 1.807) is 6.08 Å². The molecule has 1 aromatic heterocycles. The van der Waals surface area contributed by atoms with Crippen LogP contribution < -0.4 is 4.74 Å². The van der Waals surface area contributed by atoms with E-state index in [2.05, 4.69) is 38.1 Å². The third-order valence-corrected chi connectivity index (χ3v) is 6.33. The first kappa shape index (κ1) is 22.2. The van der Waals surface area contributed by atoms with Gasteiger partial charge in [0.25, 0.3) is 0 Å². The maximum atomic E-state index is 13.0.